The van der Waals surface area contributed by atoms with E-state index in [1.807, 2.05) is 0 Å². The maximum atomic E-state index is 13.5. The zero-order chi connectivity index (χ0) is 16.8. The van der Waals surface area contributed by atoms with E-state index >= 15 is 0 Å². The summed E-state index contributed by atoms with van der Waals surface area (Å²) in [5.74, 6) is -1.52. The lowest BCUT2D eigenvalue weighted by Crippen LogP contribution is -2.31. The molecule has 2 aromatic rings. The van der Waals surface area contributed by atoms with Gasteiger partial charge in [0.2, 0.25) is 5.89 Å². The maximum Gasteiger partial charge on any atom is 0.319 e. The SMILES string of the molecule is COCCc1noc(C(C)NC(=O)Nc2cccc(F)c2F)n1. The molecule has 2 amide bonds. The Hall–Kier alpha value is -2.55. The van der Waals surface area contributed by atoms with Gasteiger partial charge in [-0.1, -0.05) is 11.2 Å². The second-order valence-corrected chi connectivity index (χ2v) is 4.71. The summed E-state index contributed by atoms with van der Waals surface area (Å²) >= 11 is 0. The summed E-state index contributed by atoms with van der Waals surface area (Å²) in [7, 11) is 1.56. The number of aromatic nitrogens is 2. The molecule has 23 heavy (non-hydrogen) atoms. The molecule has 2 N–H and O–H groups in total. The predicted octanol–water partition coefficient (Wildman–Crippen LogP) is 2.42. The minimum Gasteiger partial charge on any atom is -0.384 e. The fourth-order valence-electron chi connectivity index (χ4n) is 1.76. The molecule has 0 saturated heterocycles. The molecule has 1 unspecified atom stereocenters. The Morgan fingerprint density at radius 3 is 2.96 bits per heavy atom. The third kappa shape index (κ3) is 4.46. The fourth-order valence-corrected chi connectivity index (χ4v) is 1.76. The molecule has 0 bridgehead atoms. The van der Waals surface area contributed by atoms with E-state index in [1.165, 1.54) is 12.1 Å². The van der Waals surface area contributed by atoms with Crippen molar-refractivity contribution in [1.29, 1.82) is 0 Å². The van der Waals surface area contributed by atoms with Gasteiger partial charge < -0.3 is 19.9 Å². The molecule has 0 aliphatic carbocycles. The van der Waals surface area contributed by atoms with Crippen LogP contribution in [0.3, 0.4) is 0 Å². The van der Waals surface area contributed by atoms with Gasteiger partial charge in [0.1, 0.15) is 6.04 Å². The number of nitrogens with one attached hydrogen (secondary N) is 2. The normalized spacial score (nSPS) is 12.0. The third-order valence-corrected chi connectivity index (χ3v) is 2.93. The quantitative estimate of drug-likeness (QED) is 0.851. The van der Waals surface area contributed by atoms with E-state index < -0.39 is 23.7 Å². The van der Waals surface area contributed by atoms with Gasteiger partial charge >= 0.3 is 6.03 Å². The van der Waals surface area contributed by atoms with E-state index in [0.29, 0.717) is 18.9 Å². The second kappa shape index (κ2) is 7.63. The number of halogens is 2. The van der Waals surface area contributed by atoms with E-state index in [1.54, 1.807) is 14.0 Å². The average Bonchev–Trinajstić information content (AvgIpc) is 2.99. The zero-order valence-electron chi connectivity index (χ0n) is 12.6. The highest BCUT2D eigenvalue weighted by atomic mass is 19.2. The number of hydrogen-bond acceptors (Lipinski definition) is 5. The van der Waals surface area contributed by atoms with Crippen molar-refractivity contribution in [1.82, 2.24) is 15.5 Å². The van der Waals surface area contributed by atoms with Gasteiger partial charge in [-0.05, 0) is 19.1 Å². The predicted molar refractivity (Wildman–Crippen MR) is 76.8 cm³/mol. The molecule has 124 valence electrons. The molecule has 2 rings (SSSR count). The van der Waals surface area contributed by atoms with Crippen molar-refractivity contribution >= 4 is 11.7 Å². The standard InChI is InChI=1S/C14H16F2N4O3/c1-8(13-19-11(20-23-13)6-7-22-2)17-14(21)18-10-5-3-4-9(15)12(10)16/h3-5,8H,6-7H2,1-2H3,(H2,17,18,21). The molecule has 0 aliphatic heterocycles. The Morgan fingerprint density at radius 2 is 2.22 bits per heavy atom. The summed E-state index contributed by atoms with van der Waals surface area (Å²) < 4.78 is 36.5. The van der Waals surface area contributed by atoms with E-state index in [9.17, 15) is 13.6 Å². The summed E-state index contributed by atoms with van der Waals surface area (Å²) in [4.78, 5) is 15.9. The van der Waals surface area contributed by atoms with Crippen molar-refractivity contribution in [3.05, 3.63) is 41.5 Å². The average molecular weight is 326 g/mol. The molecule has 0 spiro atoms. The molecule has 1 aromatic carbocycles. The van der Waals surface area contributed by atoms with Crippen LogP contribution in [0.15, 0.2) is 22.7 Å². The molecule has 0 saturated carbocycles. The minimum absolute atomic E-state index is 0.200. The van der Waals surface area contributed by atoms with Crippen LogP contribution in [0.4, 0.5) is 19.3 Å². The van der Waals surface area contributed by atoms with E-state index in [4.69, 9.17) is 9.26 Å². The number of carbonyl (C=O) groups is 1. The maximum absolute atomic E-state index is 13.5. The molecule has 1 heterocycles. The molecule has 0 fully saturated rings. The first-order valence-corrected chi connectivity index (χ1v) is 6.84. The Kier molecular flexibility index (Phi) is 5.58. The molecular weight excluding hydrogens is 310 g/mol. The monoisotopic (exact) mass is 326 g/mol. The highest BCUT2D eigenvalue weighted by Crippen LogP contribution is 2.17. The van der Waals surface area contributed by atoms with Crippen molar-refractivity contribution in [2.45, 2.75) is 19.4 Å². The van der Waals surface area contributed by atoms with E-state index in [0.717, 1.165) is 6.07 Å². The zero-order valence-corrected chi connectivity index (χ0v) is 12.6. The summed E-state index contributed by atoms with van der Waals surface area (Å²) in [6.45, 7) is 2.06. The van der Waals surface area contributed by atoms with Crippen molar-refractivity contribution in [2.24, 2.45) is 0 Å². The molecule has 0 aliphatic rings. The number of carbonyl (C=O) groups excluding carboxylic acids is 1. The number of ether oxygens (including phenoxy) is 1. The molecule has 0 radical (unpaired) electrons. The minimum atomic E-state index is -1.13. The van der Waals surface area contributed by atoms with Gasteiger partial charge in [0.05, 0.1) is 12.3 Å². The number of anilines is 1. The Balaban J connectivity index is 1.94. The van der Waals surface area contributed by atoms with Crippen molar-refractivity contribution < 1.29 is 22.8 Å². The van der Waals surface area contributed by atoms with Crippen LogP contribution in [0.1, 0.15) is 24.7 Å². The third-order valence-electron chi connectivity index (χ3n) is 2.93. The number of urea groups is 1. The number of methoxy groups -OCH3 is 1. The number of nitrogens with zero attached hydrogens (tertiary/aromatic N) is 2. The van der Waals surface area contributed by atoms with Crippen LogP contribution in [0.25, 0.3) is 0 Å². The molecular formula is C14H16F2N4O3. The Labute approximate surface area is 131 Å². The first-order chi connectivity index (χ1) is 11.0. The lowest BCUT2D eigenvalue weighted by atomic mass is 10.3. The number of rotatable bonds is 6. The lowest BCUT2D eigenvalue weighted by Gasteiger charge is -2.11. The van der Waals surface area contributed by atoms with Gasteiger partial charge in [-0.2, -0.15) is 4.98 Å². The van der Waals surface area contributed by atoms with Gasteiger partial charge in [0.15, 0.2) is 17.5 Å². The molecule has 1 aromatic heterocycles. The van der Waals surface area contributed by atoms with Crippen molar-refractivity contribution in [3.63, 3.8) is 0 Å². The molecule has 9 heteroatoms. The summed E-state index contributed by atoms with van der Waals surface area (Å²) in [5, 5.41) is 8.46. The van der Waals surface area contributed by atoms with Crippen LogP contribution in [-0.2, 0) is 11.2 Å². The smallest absolute Gasteiger partial charge is 0.319 e. The van der Waals surface area contributed by atoms with Gasteiger partial charge in [-0.3, -0.25) is 0 Å². The largest absolute Gasteiger partial charge is 0.384 e. The summed E-state index contributed by atoms with van der Waals surface area (Å²) in [5.41, 5.74) is -0.263. The van der Waals surface area contributed by atoms with Crippen molar-refractivity contribution in [2.75, 3.05) is 19.0 Å². The second-order valence-electron chi connectivity index (χ2n) is 4.71. The number of amides is 2. The first kappa shape index (κ1) is 16.8. The van der Waals surface area contributed by atoms with Crippen LogP contribution in [0.2, 0.25) is 0 Å². The van der Waals surface area contributed by atoms with Crippen LogP contribution in [0, 0.1) is 11.6 Å². The number of benzene rings is 1. The first-order valence-electron chi connectivity index (χ1n) is 6.84. The van der Waals surface area contributed by atoms with Gasteiger partial charge in [-0.25, -0.2) is 13.6 Å². The van der Waals surface area contributed by atoms with E-state index in [2.05, 4.69) is 20.8 Å². The van der Waals surface area contributed by atoms with Crippen molar-refractivity contribution in [3.8, 4) is 0 Å². The molecule has 7 nitrogen and oxygen atoms in total. The highest BCUT2D eigenvalue weighted by Gasteiger charge is 2.18. The van der Waals surface area contributed by atoms with Gasteiger partial charge in [0, 0.05) is 13.5 Å². The topological polar surface area (TPSA) is 89.3 Å². The summed E-state index contributed by atoms with van der Waals surface area (Å²) in [6.07, 6.45) is 0.480. The Morgan fingerprint density at radius 1 is 1.43 bits per heavy atom. The van der Waals surface area contributed by atoms with Crippen LogP contribution in [0.5, 0.6) is 0 Å². The van der Waals surface area contributed by atoms with Crippen LogP contribution < -0.4 is 10.6 Å². The lowest BCUT2D eigenvalue weighted by molar-refractivity contribution is 0.199. The van der Waals surface area contributed by atoms with Crippen LogP contribution in [-0.4, -0.2) is 29.9 Å². The summed E-state index contributed by atoms with van der Waals surface area (Å²) in [6, 6.07) is 2.17. The fraction of sp³-hybridized carbons (Fsp3) is 0.357. The highest BCUT2D eigenvalue weighted by molar-refractivity contribution is 5.89. The van der Waals surface area contributed by atoms with Gasteiger partial charge in [0.25, 0.3) is 0 Å². The van der Waals surface area contributed by atoms with E-state index in [-0.39, 0.29) is 11.6 Å². The number of hydrogen-bond donors (Lipinski definition) is 2. The van der Waals surface area contributed by atoms with Crippen LogP contribution >= 0.6 is 0 Å². The van der Waals surface area contributed by atoms with Gasteiger partial charge in [-0.15, -0.1) is 0 Å². The Bertz CT molecular complexity index is 678. The molecule has 1 atom stereocenters.